The van der Waals surface area contributed by atoms with Crippen molar-refractivity contribution in [2.45, 2.75) is 65.3 Å². The van der Waals surface area contributed by atoms with Crippen molar-refractivity contribution >= 4 is 9.73 Å². The maximum absolute atomic E-state index is 12.1. The van der Waals surface area contributed by atoms with E-state index < -0.39 is 9.73 Å². The van der Waals surface area contributed by atoms with Gasteiger partial charge < -0.3 is 0 Å². The molecule has 1 saturated heterocycles. The smallest absolute Gasteiger partial charge is 0.0594 e. The van der Waals surface area contributed by atoms with Gasteiger partial charge in [-0.1, -0.05) is 20.8 Å². The molecule has 0 spiro atoms. The molecule has 1 aliphatic carbocycles. The van der Waals surface area contributed by atoms with E-state index in [9.17, 15) is 4.21 Å². The summed E-state index contributed by atoms with van der Waals surface area (Å²) in [6.45, 7) is 6.98. The van der Waals surface area contributed by atoms with Gasteiger partial charge in [-0.2, -0.15) is 0 Å². The quantitative estimate of drug-likeness (QED) is 0.738. The van der Waals surface area contributed by atoms with Crippen LogP contribution in [0.5, 0.6) is 0 Å². The van der Waals surface area contributed by atoms with Crippen molar-refractivity contribution < 1.29 is 4.21 Å². The zero-order chi connectivity index (χ0) is 12.5. The van der Waals surface area contributed by atoms with Gasteiger partial charge in [0.1, 0.15) is 0 Å². The molecule has 0 atom stereocenters. The topological polar surface area (TPSA) is 29.4 Å². The van der Waals surface area contributed by atoms with Crippen LogP contribution >= 0.6 is 0 Å². The predicted octanol–water partition coefficient (Wildman–Crippen LogP) is 3.85. The highest BCUT2D eigenvalue weighted by atomic mass is 32.2. The van der Waals surface area contributed by atoms with Crippen LogP contribution in [0.2, 0.25) is 0 Å². The van der Waals surface area contributed by atoms with Gasteiger partial charge in [0.2, 0.25) is 0 Å². The van der Waals surface area contributed by atoms with E-state index in [1.807, 2.05) is 0 Å². The lowest BCUT2D eigenvalue weighted by molar-refractivity contribution is 0.229. The fourth-order valence-corrected chi connectivity index (χ4v) is 4.84. The highest BCUT2D eigenvalue weighted by molar-refractivity contribution is 7.94. The highest BCUT2D eigenvalue weighted by Gasteiger charge is 2.27. The molecule has 1 saturated carbocycles. The van der Waals surface area contributed by atoms with Crippen molar-refractivity contribution in [3.8, 4) is 0 Å². The Morgan fingerprint density at radius 2 is 1.71 bits per heavy atom. The molecule has 0 aromatic rings. The standard InChI is InChI=1S/C14H27NOS/c1-14(2,3)11-12-5-7-13(8-6-12)15-17(16)9-4-10-17/h12-13H,4-11H2,1-3H3. The van der Waals surface area contributed by atoms with Crippen LogP contribution in [0.25, 0.3) is 0 Å². The van der Waals surface area contributed by atoms with Gasteiger partial charge in [0.25, 0.3) is 0 Å². The zero-order valence-corrected chi connectivity index (χ0v) is 12.4. The van der Waals surface area contributed by atoms with Gasteiger partial charge in [0.15, 0.2) is 0 Å². The third-order valence-electron chi connectivity index (χ3n) is 3.99. The van der Waals surface area contributed by atoms with E-state index in [0.717, 1.165) is 23.8 Å². The first-order chi connectivity index (χ1) is 7.86. The largest absolute Gasteiger partial charge is 0.250 e. The van der Waals surface area contributed by atoms with Crippen molar-refractivity contribution in [3.63, 3.8) is 0 Å². The Labute approximate surface area is 107 Å². The Kier molecular flexibility index (Phi) is 3.86. The van der Waals surface area contributed by atoms with Gasteiger partial charge in [-0.05, 0) is 49.9 Å². The van der Waals surface area contributed by atoms with Crippen LogP contribution < -0.4 is 0 Å². The Morgan fingerprint density at radius 3 is 2.12 bits per heavy atom. The van der Waals surface area contributed by atoms with Gasteiger partial charge in [0, 0.05) is 21.2 Å². The maximum Gasteiger partial charge on any atom is 0.0594 e. The van der Waals surface area contributed by atoms with Crippen LogP contribution in [0.3, 0.4) is 0 Å². The summed E-state index contributed by atoms with van der Waals surface area (Å²) in [5, 5.41) is 0. The molecule has 17 heavy (non-hydrogen) atoms. The minimum atomic E-state index is -1.72. The van der Waals surface area contributed by atoms with E-state index in [1.165, 1.54) is 32.1 Å². The summed E-state index contributed by atoms with van der Waals surface area (Å²) in [7, 11) is -1.72. The number of hydrogen-bond acceptors (Lipinski definition) is 2. The van der Waals surface area contributed by atoms with Crippen LogP contribution in [0, 0.1) is 11.3 Å². The van der Waals surface area contributed by atoms with Gasteiger partial charge in [-0.15, -0.1) is 0 Å². The van der Waals surface area contributed by atoms with Crippen molar-refractivity contribution in [1.82, 2.24) is 0 Å². The number of rotatable bonds is 2. The fraction of sp³-hybridized carbons (Fsp3) is 1.00. The second-order valence-corrected chi connectivity index (χ2v) is 9.65. The summed E-state index contributed by atoms with van der Waals surface area (Å²) in [5.74, 6) is 2.62. The lowest BCUT2D eigenvalue weighted by atomic mass is 9.76. The first-order valence-electron chi connectivity index (χ1n) is 7.08. The Morgan fingerprint density at radius 1 is 1.12 bits per heavy atom. The Hall–Kier alpha value is -0.0500. The van der Waals surface area contributed by atoms with Crippen LogP contribution in [0.4, 0.5) is 0 Å². The van der Waals surface area contributed by atoms with Gasteiger partial charge in [-0.3, -0.25) is 0 Å². The number of hydrogen-bond donors (Lipinski definition) is 0. The van der Waals surface area contributed by atoms with E-state index in [1.54, 1.807) is 0 Å². The fourth-order valence-electron chi connectivity index (χ4n) is 3.09. The molecule has 1 heterocycles. The second kappa shape index (κ2) is 4.91. The molecule has 0 aromatic carbocycles. The van der Waals surface area contributed by atoms with E-state index >= 15 is 0 Å². The van der Waals surface area contributed by atoms with Crippen molar-refractivity contribution in [2.24, 2.45) is 15.7 Å². The molecule has 3 heteroatoms. The van der Waals surface area contributed by atoms with Gasteiger partial charge >= 0.3 is 0 Å². The highest BCUT2D eigenvalue weighted by Crippen LogP contribution is 2.35. The minimum absolute atomic E-state index is 0.416. The lowest BCUT2D eigenvalue weighted by Crippen LogP contribution is -2.28. The minimum Gasteiger partial charge on any atom is -0.250 e. The molecule has 2 fully saturated rings. The molecule has 0 amide bonds. The summed E-state index contributed by atoms with van der Waals surface area (Å²) in [5.41, 5.74) is 0.452. The monoisotopic (exact) mass is 257 g/mol. The molecule has 1 aliphatic heterocycles. The van der Waals surface area contributed by atoms with Crippen LogP contribution in [-0.2, 0) is 9.73 Å². The second-order valence-electron chi connectivity index (χ2n) is 7.08. The van der Waals surface area contributed by atoms with E-state index in [2.05, 4.69) is 25.1 Å². The molecule has 0 N–H and O–H groups in total. The van der Waals surface area contributed by atoms with Crippen molar-refractivity contribution in [3.05, 3.63) is 0 Å². The van der Waals surface area contributed by atoms with Crippen LogP contribution in [0.15, 0.2) is 4.36 Å². The average molecular weight is 257 g/mol. The molecule has 0 aromatic heterocycles. The summed E-state index contributed by atoms with van der Waals surface area (Å²) >= 11 is 0. The van der Waals surface area contributed by atoms with E-state index in [-0.39, 0.29) is 0 Å². The molecular formula is C14H27NOS. The van der Waals surface area contributed by atoms with Gasteiger partial charge in [0.05, 0.1) is 6.04 Å². The summed E-state index contributed by atoms with van der Waals surface area (Å²) in [4.78, 5) is 0. The lowest BCUT2D eigenvalue weighted by Gasteiger charge is -2.32. The Balaban J connectivity index is 1.82. The van der Waals surface area contributed by atoms with E-state index in [4.69, 9.17) is 0 Å². The van der Waals surface area contributed by atoms with Crippen molar-refractivity contribution in [1.29, 1.82) is 0 Å². The molecule has 2 rings (SSSR count). The van der Waals surface area contributed by atoms with Crippen molar-refractivity contribution in [2.75, 3.05) is 11.5 Å². The number of nitrogens with zero attached hydrogens (tertiary/aromatic N) is 1. The molecule has 100 valence electrons. The van der Waals surface area contributed by atoms with E-state index in [0.29, 0.717) is 11.5 Å². The normalized spacial score (nSPS) is 32.9. The summed E-state index contributed by atoms with van der Waals surface area (Å²) in [6, 6.07) is 0.416. The third-order valence-corrected chi connectivity index (χ3v) is 6.52. The average Bonchev–Trinajstić information content (AvgIpc) is 2.16. The maximum atomic E-state index is 12.1. The molecule has 2 aliphatic rings. The molecule has 0 bridgehead atoms. The predicted molar refractivity (Wildman–Crippen MR) is 74.7 cm³/mol. The summed E-state index contributed by atoms with van der Waals surface area (Å²) in [6.07, 6.45) is 7.40. The van der Waals surface area contributed by atoms with Crippen LogP contribution in [-0.4, -0.2) is 21.8 Å². The molecular weight excluding hydrogens is 230 g/mol. The van der Waals surface area contributed by atoms with Gasteiger partial charge in [-0.25, -0.2) is 8.57 Å². The zero-order valence-electron chi connectivity index (χ0n) is 11.6. The third kappa shape index (κ3) is 3.97. The SMILES string of the molecule is CC(C)(C)CC1CCC(N=S2(=O)CCC2)CC1. The Bertz CT molecular complexity index is 356. The molecule has 2 nitrogen and oxygen atoms in total. The summed E-state index contributed by atoms with van der Waals surface area (Å²) < 4.78 is 16.7. The first-order valence-corrected chi connectivity index (χ1v) is 8.93. The first kappa shape index (κ1) is 13.4. The molecule has 0 unspecified atom stereocenters. The van der Waals surface area contributed by atoms with Crippen LogP contribution in [0.1, 0.15) is 59.3 Å². The molecule has 0 radical (unpaired) electrons.